The molecule has 0 aromatic heterocycles. The van der Waals surface area contributed by atoms with Crippen molar-refractivity contribution in [1.82, 2.24) is 10.0 Å². The SMILES string of the molecule is CNCc1cc(S(=O)(=O)NC2CC2)ccc1C. The van der Waals surface area contributed by atoms with Crippen molar-refractivity contribution in [3.05, 3.63) is 29.3 Å². The Balaban J connectivity index is 2.28. The number of nitrogens with one attached hydrogen (secondary N) is 2. The molecule has 0 spiro atoms. The molecule has 0 bridgehead atoms. The molecule has 0 aliphatic heterocycles. The van der Waals surface area contributed by atoms with E-state index >= 15 is 0 Å². The molecule has 2 N–H and O–H groups in total. The number of benzene rings is 1. The van der Waals surface area contributed by atoms with Crippen molar-refractivity contribution in [2.45, 2.75) is 37.2 Å². The number of aryl methyl sites for hydroxylation is 1. The Morgan fingerprint density at radius 2 is 2.06 bits per heavy atom. The predicted molar refractivity (Wildman–Crippen MR) is 67.3 cm³/mol. The minimum absolute atomic E-state index is 0.147. The van der Waals surface area contributed by atoms with E-state index in [1.165, 1.54) is 0 Å². The molecule has 0 saturated heterocycles. The molecule has 1 aromatic rings. The van der Waals surface area contributed by atoms with Crippen LogP contribution in [0.25, 0.3) is 0 Å². The van der Waals surface area contributed by atoms with Gasteiger partial charge in [-0.1, -0.05) is 6.07 Å². The van der Waals surface area contributed by atoms with Gasteiger partial charge in [-0.05, 0) is 50.1 Å². The van der Waals surface area contributed by atoms with E-state index in [1.807, 2.05) is 20.0 Å². The first kappa shape index (κ1) is 12.5. The zero-order valence-corrected chi connectivity index (χ0v) is 11.0. The highest BCUT2D eigenvalue weighted by Gasteiger charge is 2.28. The fourth-order valence-corrected chi connectivity index (χ4v) is 3.04. The van der Waals surface area contributed by atoms with E-state index in [9.17, 15) is 8.42 Å². The molecule has 0 heterocycles. The van der Waals surface area contributed by atoms with E-state index in [0.717, 1.165) is 24.0 Å². The summed E-state index contributed by atoms with van der Waals surface area (Å²) in [5, 5.41) is 3.04. The van der Waals surface area contributed by atoms with Gasteiger partial charge in [-0.15, -0.1) is 0 Å². The zero-order valence-electron chi connectivity index (χ0n) is 10.2. The van der Waals surface area contributed by atoms with Gasteiger partial charge in [0.25, 0.3) is 0 Å². The van der Waals surface area contributed by atoms with Crippen LogP contribution in [-0.4, -0.2) is 21.5 Å². The lowest BCUT2D eigenvalue weighted by Gasteiger charge is -2.10. The maximum atomic E-state index is 12.0. The minimum Gasteiger partial charge on any atom is -0.316 e. The first-order valence-electron chi connectivity index (χ1n) is 5.79. The monoisotopic (exact) mass is 254 g/mol. The van der Waals surface area contributed by atoms with Crippen molar-refractivity contribution in [1.29, 1.82) is 0 Å². The largest absolute Gasteiger partial charge is 0.316 e. The van der Waals surface area contributed by atoms with E-state index in [4.69, 9.17) is 0 Å². The molecule has 5 heteroatoms. The van der Waals surface area contributed by atoms with E-state index < -0.39 is 10.0 Å². The van der Waals surface area contributed by atoms with Crippen molar-refractivity contribution in [2.75, 3.05) is 7.05 Å². The molecule has 4 nitrogen and oxygen atoms in total. The van der Waals surface area contributed by atoms with Crippen molar-refractivity contribution in [3.8, 4) is 0 Å². The molecule has 1 aliphatic rings. The van der Waals surface area contributed by atoms with Crippen LogP contribution in [0.5, 0.6) is 0 Å². The van der Waals surface area contributed by atoms with Crippen molar-refractivity contribution in [3.63, 3.8) is 0 Å². The summed E-state index contributed by atoms with van der Waals surface area (Å²) in [5.74, 6) is 0. The molecule has 0 unspecified atom stereocenters. The van der Waals surface area contributed by atoms with Crippen LogP contribution >= 0.6 is 0 Å². The summed E-state index contributed by atoms with van der Waals surface area (Å²) < 4.78 is 26.7. The summed E-state index contributed by atoms with van der Waals surface area (Å²) in [6.07, 6.45) is 1.91. The Bertz CT molecular complexity index is 507. The second-order valence-electron chi connectivity index (χ2n) is 4.51. The Morgan fingerprint density at radius 3 is 2.65 bits per heavy atom. The third-order valence-corrected chi connectivity index (χ3v) is 4.42. The highest BCUT2D eigenvalue weighted by Crippen LogP contribution is 2.23. The molecule has 0 amide bonds. The number of hydrogen-bond acceptors (Lipinski definition) is 3. The molecule has 1 saturated carbocycles. The molecule has 94 valence electrons. The molecule has 17 heavy (non-hydrogen) atoms. The molecule has 0 atom stereocenters. The zero-order chi connectivity index (χ0) is 12.5. The highest BCUT2D eigenvalue weighted by atomic mass is 32.2. The fourth-order valence-electron chi connectivity index (χ4n) is 1.68. The van der Waals surface area contributed by atoms with Gasteiger partial charge in [-0.2, -0.15) is 0 Å². The maximum Gasteiger partial charge on any atom is 0.240 e. The van der Waals surface area contributed by atoms with Crippen LogP contribution in [-0.2, 0) is 16.6 Å². The standard InChI is InChI=1S/C12H18N2O2S/c1-9-3-6-12(7-10(9)8-13-2)17(15,16)14-11-4-5-11/h3,6-7,11,13-14H,4-5,8H2,1-2H3. The van der Waals surface area contributed by atoms with Crippen LogP contribution in [0.4, 0.5) is 0 Å². The summed E-state index contributed by atoms with van der Waals surface area (Å²) in [6.45, 7) is 2.66. The Kier molecular flexibility index (Phi) is 3.51. The lowest BCUT2D eigenvalue weighted by molar-refractivity contribution is 0.581. The predicted octanol–water partition coefficient (Wildman–Crippen LogP) is 1.16. The molecule has 2 rings (SSSR count). The van der Waals surface area contributed by atoms with Crippen LogP contribution < -0.4 is 10.0 Å². The summed E-state index contributed by atoms with van der Waals surface area (Å²) in [7, 11) is -1.48. The normalized spacial score (nSPS) is 16.1. The molecular formula is C12H18N2O2S. The van der Waals surface area contributed by atoms with Crippen LogP contribution in [0.2, 0.25) is 0 Å². The lowest BCUT2D eigenvalue weighted by Crippen LogP contribution is -2.26. The van der Waals surface area contributed by atoms with Crippen molar-refractivity contribution in [2.24, 2.45) is 0 Å². The van der Waals surface area contributed by atoms with Gasteiger partial charge in [0.15, 0.2) is 0 Å². The number of rotatable bonds is 5. The second-order valence-corrected chi connectivity index (χ2v) is 6.23. The van der Waals surface area contributed by atoms with Crippen LogP contribution in [0.15, 0.2) is 23.1 Å². The Hall–Kier alpha value is -0.910. The average molecular weight is 254 g/mol. The summed E-state index contributed by atoms with van der Waals surface area (Å²) in [4.78, 5) is 0.361. The quantitative estimate of drug-likeness (QED) is 0.829. The van der Waals surface area contributed by atoms with E-state index in [1.54, 1.807) is 12.1 Å². The smallest absolute Gasteiger partial charge is 0.240 e. The third-order valence-electron chi connectivity index (χ3n) is 2.90. The molecule has 1 aliphatic carbocycles. The number of sulfonamides is 1. The minimum atomic E-state index is -3.33. The summed E-state index contributed by atoms with van der Waals surface area (Å²) in [6, 6.07) is 5.42. The van der Waals surface area contributed by atoms with E-state index in [0.29, 0.717) is 11.4 Å². The fraction of sp³-hybridized carbons (Fsp3) is 0.500. The molecule has 1 aromatic carbocycles. The van der Waals surface area contributed by atoms with E-state index in [2.05, 4.69) is 10.0 Å². The highest BCUT2D eigenvalue weighted by molar-refractivity contribution is 7.89. The summed E-state index contributed by atoms with van der Waals surface area (Å²) >= 11 is 0. The van der Waals surface area contributed by atoms with Gasteiger partial charge in [-0.3, -0.25) is 0 Å². The van der Waals surface area contributed by atoms with Gasteiger partial charge in [0.2, 0.25) is 10.0 Å². The van der Waals surface area contributed by atoms with Crippen LogP contribution in [0.3, 0.4) is 0 Å². The third kappa shape index (κ3) is 3.06. The molecule has 1 fully saturated rings. The molecular weight excluding hydrogens is 236 g/mol. The van der Waals surface area contributed by atoms with Gasteiger partial charge < -0.3 is 5.32 Å². The average Bonchev–Trinajstić information content (AvgIpc) is 3.04. The van der Waals surface area contributed by atoms with Gasteiger partial charge in [-0.25, -0.2) is 13.1 Å². The van der Waals surface area contributed by atoms with E-state index in [-0.39, 0.29) is 6.04 Å². The van der Waals surface area contributed by atoms with Crippen molar-refractivity contribution >= 4 is 10.0 Å². The second kappa shape index (κ2) is 4.76. The Labute approximate surface area is 102 Å². The maximum absolute atomic E-state index is 12.0. The first-order chi connectivity index (χ1) is 8.03. The lowest BCUT2D eigenvalue weighted by atomic mass is 10.1. The van der Waals surface area contributed by atoms with Crippen LogP contribution in [0, 0.1) is 6.92 Å². The van der Waals surface area contributed by atoms with Crippen molar-refractivity contribution < 1.29 is 8.42 Å². The Morgan fingerprint density at radius 1 is 1.35 bits per heavy atom. The molecule has 0 radical (unpaired) electrons. The topological polar surface area (TPSA) is 58.2 Å². The van der Waals surface area contributed by atoms with Gasteiger partial charge >= 0.3 is 0 Å². The van der Waals surface area contributed by atoms with Crippen LogP contribution in [0.1, 0.15) is 24.0 Å². The van der Waals surface area contributed by atoms with Gasteiger partial charge in [0, 0.05) is 12.6 Å². The first-order valence-corrected chi connectivity index (χ1v) is 7.28. The number of hydrogen-bond donors (Lipinski definition) is 2. The summed E-state index contributed by atoms with van der Waals surface area (Å²) in [5.41, 5.74) is 2.12. The van der Waals surface area contributed by atoms with Gasteiger partial charge in [0.05, 0.1) is 4.90 Å². The van der Waals surface area contributed by atoms with Gasteiger partial charge in [0.1, 0.15) is 0 Å².